The molecular weight excluding hydrogens is 350 g/mol. The van der Waals surface area contributed by atoms with Gasteiger partial charge in [0.25, 0.3) is 0 Å². The molecule has 2 aromatic heterocycles. The normalized spacial score (nSPS) is 20.0. The molecule has 1 aliphatic heterocycles. The fourth-order valence-electron chi connectivity index (χ4n) is 2.63. The van der Waals surface area contributed by atoms with Crippen LogP contribution in [0.15, 0.2) is 23.7 Å². The van der Waals surface area contributed by atoms with Crippen molar-refractivity contribution in [3.05, 3.63) is 39.2 Å². The van der Waals surface area contributed by atoms with Crippen LogP contribution in [0.25, 0.3) is 0 Å². The molecule has 1 saturated heterocycles. The Bertz CT molecular complexity index is 700. The van der Waals surface area contributed by atoms with Crippen molar-refractivity contribution in [3.8, 4) is 5.88 Å². The summed E-state index contributed by atoms with van der Waals surface area (Å²) in [6.45, 7) is 2.49. The van der Waals surface area contributed by atoms with Crippen molar-refractivity contribution in [2.24, 2.45) is 0 Å². The molecule has 0 radical (unpaired) electrons. The fraction of sp³-hybridized carbons (Fsp3) is 0.375. The number of nitrogens with one attached hydrogen (secondary N) is 2. The van der Waals surface area contributed by atoms with Gasteiger partial charge in [-0.2, -0.15) is 0 Å². The van der Waals surface area contributed by atoms with E-state index in [1.165, 1.54) is 11.3 Å². The minimum absolute atomic E-state index is 0.127. The van der Waals surface area contributed by atoms with Gasteiger partial charge < -0.3 is 20.1 Å². The summed E-state index contributed by atoms with van der Waals surface area (Å²) < 4.78 is 11.4. The van der Waals surface area contributed by atoms with Crippen LogP contribution in [0.5, 0.6) is 5.88 Å². The molecule has 6 nitrogen and oxygen atoms in total. The summed E-state index contributed by atoms with van der Waals surface area (Å²) in [5.41, 5.74) is 2.50. The summed E-state index contributed by atoms with van der Waals surface area (Å²) in [5.74, 6) is 0.543. The van der Waals surface area contributed by atoms with Gasteiger partial charge in [0.1, 0.15) is 10.4 Å². The SMILES string of the molecule is COc1ccc([C@@H]2OCC[C@H]2NC(=O)Nc2c(C)csc2Cl)cn1. The number of halogens is 1. The van der Waals surface area contributed by atoms with E-state index in [0.717, 1.165) is 17.5 Å². The van der Waals surface area contributed by atoms with Crippen LogP contribution in [0.4, 0.5) is 10.5 Å². The van der Waals surface area contributed by atoms with Crippen LogP contribution < -0.4 is 15.4 Å². The minimum Gasteiger partial charge on any atom is -0.481 e. The molecule has 3 heterocycles. The number of carbonyl (C=O) groups is 1. The molecular formula is C16H18ClN3O3S. The van der Waals surface area contributed by atoms with Crippen molar-refractivity contribution >= 4 is 34.7 Å². The molecule has 0 aliphatic carbocycles. The summed E-state index contributed by atoms with van der Waals surface area (Å²) in [7, 11) is 1.57. The van der Waals surface area contributed by atoms with Crippen molar-refractivity contribution in [1.82, 2.24) is 10.3 Å². The van der Waals surface area contributed by atoms with Gasteiger partial charge in [-0.1, -0.05) is 11.6 Å². The third-order valence-corrected chi connectivity index (χ3v) is 5.21. The molecule has 0 aromatic carbocycles. The highest BCUT2D eigenvalue weighted by Crippen LogP contribution is 2.33. The monoisotopic (exact) mass is 367 g/mol. The second kappa shape index (κ2) is 7.38. The highest BCUT2D eigenvalue weighted by Gasteiger charge is 2.31. The number of carbonyl (C=O) groups excluding carboxylic acids is 1. The van der Waals surface area contributed by atoms with E-state index in [4.69, 9.17) is 21.1 Å². The number of aryl methyl sites for hydroxylation is 1. The molecule has 0 unspecified atom stereocenters. The molecule has 3 rings (SSSR count). The fourth-order valence-corrected chi connectivity index (χ4v) is 3.68. The highest BCUT2D eigenvalue weighted by molar-refractivity contribution is 7.15. The second-order valence-corrected chi connectivity index (χ2v) is 6.97. The van der Waals surface area contributed by atoms with Gasteiger partial charge in [-0.3, -0.25) is 0 Å². The number of rotatable bonds is 4. The molecule has 24 heavy (non-hydrogen) atoms. The Balaban J connectivity index is 1.66. The summed E-state index contributed by atoms with van der Waals surface area (Å²) in [4.78, 5) is 16.5. The molecule has 2 atom stereocenters. The van der Waals surface area contributed by atoms with E-state index in [2.05, 4.69) is 15.6 Å². The van der Waals surface area contributed by atoms with Crippen molar-refractivity contribution in [2.75, 3.05) is 19.0 Å². The first-order chi connectivity index (χ1) is 11.6. The molecule has 2 aromatic rings. The van der Waals surface area contributed by atoms with Crippen LogP contribution in [0.1, 0.15) is 23.7 Å². The van der Waals surface area contributed by atoms with Gasteiger partial charge >= 0.3 is 6.03 Å². The Labute approximate surface area is 149 Å². The highest BCUT2D eigenvalue weighted by atomic mass is 35.5. The minimum atomic E-state index is -0.291. The van der Waals surface area contributed by atoms with Crippen LogP contribution >= 0.6 is 22.9 Å². The van der Waals surface area contributed by atoms with Gasteiger partial charge in [-0.25, -0.2) is 9.78 Å². The number of ether oxygens (including phenoxy) is 2. The van der Waals surface area contributed by atoms with Crippen LogP contribution in [0.3, 0.4) is 0 Å². The number of hydrogen-bond acceptors (Lipinski definition) is 5. The number of pyridine rings is 1. The lowest BCUT2D eigenvalue weighted by Crippen LogP contribution is -2.39. The summed E-state index contributed by atoms with van der Waals surface area (Å²) in [5, 5.41) is 7.68. The number of nitrogens with zero attached hydrogens (tertiary/aromatic N) is 1. The van der Waals surface area contributed by atoms with E-state index in [1.807, 2.05) is 18.4 Å². The van der Waals surface area contributed by atoms with Gasteiger partial charge in [0.05, 0.1) is 18.8 Å². The first-order valence-electron chi connectivity index (χ1n) is 7.51. The number of amides is 2. The zero-order valence-electron chi connectivity index (χ0n) is 13.3. The molecule has 2 N–H and O–H groups in total. The van der Waals surface area contributed by atoms with E-state index in [-0.39, 0.29) is 18.2 Å². The maximum Gasteiger partial charge on any atom is 0.319 e. The zero-order chi connectivity index (χ0) is 17.1. The van der Waals surface area contributed by atoms with Crippen molar-refractivity contribution in [1.29, 1.82) is 0 Å². The molecule has 2 amide bonds. The van der Waals surface area contributed by atoms with E-state index >= 15 is 0 Å². The smallest absolute Gasteiger partial charge is 0.319 e. The Kier molecular flexibility index (Phi) is 5.23. The number of hydrogen-bond donors (Lipinski definition) is 2. The van der Waals surface area contributed by atoms with Crippen molar-refractivity contribution < 1.29 is 14.3 Å². The third kappa shape index (κ3) is 3.63. The van der Waals surface area contributed by atoms with Crippen molar-refractivity contribution in [3.63, 3.8) is 0 Å². The molecule has 1 fully saturated rings. The van der Waals surface area contributed by atoms with Crippen LogP contribution in [0, 0.1) is 6.92 Å². The molecule has 8 heteroatoms. The number of anilines is 1. The van der Waals surface area contributed by atoms with Gasteiger partial charge in [0, 0.05) is 24.4 Å². The summed E-state index contributed by atoms with van der Waals surface area (Å²) >= 11 is 7.48. The lowest BCUT2D eigenvalue weighted by Gasteiger charge is -2.20. The lowest BCUT2D eigenvalue weighted by molar-refractivity contribution is 0.100. The largest absolute Gasteiger partial charge is 0.481 e. The van der Waals surface area contributed by atoms with Gasteiger partial charge in [0.2, 0.25) is 5.88 Å². The van der Waals surface area contributed by atoms with Crippen LogP contribution in [-0.2, 0) is 4.74 Å². The average Bonchev–Trinajstić information content (AvgIpc) is 3.16. The first-order valence-corrected chi connectivity index (χ1v) is 8.77. The van der Waals surface area contributed by atoms with E-state index in [0.29, 0.717) is 22.5 Å². The molecule has 0 bridgehead atoms. The summed E-state index contributed by atoms with van der Waals surface area (Å²) in [6.07, 6.45) is 2.22. The Morgan fingerprint density at radius 2 is 2.33 bits per heavy atom. The van der Waals surface area contributed by atoms with Crippen molar-refractivity contribution in [2.45, 2.75) is 25.5 Å². The number of methoxy groups -OCH3 is 1. The van der Waals surface area contributed by atoms with Crippen LogP contribution in [0.2, 0.25) is 4.34 Å². The quantitative estimate of drug-likeness (QED) is 0.862. The summed E-state index contributed by atoms with van der Waals surface area (Å²) in [6, 6.07) is 3.26. The number of thiophene rings is 1. The molecule has 0 saturated carbocycles. The molecule has 1 aliphatic rings. The Hall–Kier alpha value is -1.83. The second-order valence-electron chi connectivity index (χ2n) is 5.49. The third-order valence-electron chi connectivity index (χ3n) is 3.87. The molecule has 128 valence electrons. The predicted molar refractivity (Wildman–Crippen MR) is 94.1 cm³/mol. The maximum atomic E-state index is 12.3. The Morgan fingerprint density at radius 1 is 1.50 bits per heavy atom. The van der Waals surface area contributed by atoms with E-state index < -0.39 is 0 Å². The number of urea groups is 1. The lowest BCUT2D eigenvalue weighted by atomic mass is 10.0. The topological polar surface area (TPSA) is 72.5 Å². The van der Waals surface area contributed by atoms with E-state index in [1.54, 1.807) is 19.4 Å². The Morgan fingerprint density at radius 3 is 2.96 bits per heavy atom. The predicted octanol–water partition coefficient (Wildman–Crippen LogP) is 3.77. The molecule has 0 spiro atoms. The van der Waals surface area contributed by atoms with Gasteiger partial charge in [-0.15, -0.1) is 11.3 Å². The standard InChI is InChI=1S/C16H18ClN3O3S/c1-9-8-24-15(17)13(9)20-16(21)19-11-5-6-23-14(11)10-3-4-12(22-2)18-7-10/h3-4,7-8,11,14H,5-6H2,1-2H3,(H2,19,20,21)/t11-,14+/m1/s1. The van der Waals surface area contributed by atoms with E-state index in [9.17, 15) is 4.79 Å². The zero-order valence-corrected chi connectivity index (χ0v) is 14.9. The average molecular weight is 368 g/mol. The first kappa shape index (κ1) is 17.0. The van der Waals surface area contributed by atoms with Gasteiger partial charge in [0.15, 0.2) is 0 Å². The van der Waals surface area contributed by atoms with Crippen LogP contribution in [-0.4, -0.2) is 30.8 Å². The maximum absolute atomic E-state index is 12.3. The number of aromatic nitrogens is 1. The van der Waals surface area contributed by atoms with Gasteiger partial charge in [-0.05, 0) is 30.4 Å².